The molecule has 0 aliphatic carbocycles. The van der Waals surface area contributed by atoms with E-state index in [1.165, 1.54) is 4.90 Å². The smallest absolute Gasteiger partial charge is 0.308 e. The average molecular weight is 215 g/mol. The van der Waals surface area contributed by atoms with Crippen LogP contribution in [-0.2, 0) is 9.59 Å². The molecule has 0 unspecified atom stereocenters. The van der Waals surface area contributed by atoms with E-state index >= 15 is 0 Å². The lowest BCUT2D eigenvalue weighted by Gasteiger charge is -2.24. The van der Waals surface area contributed by atoms with Gasteiger partial charge in [-0.15, -0.1) is 0 Å². The molecule has 0 heterocycles. The number of hydrogen-bond donors (Lipinski definition) is 1. The highest BCUT2D eigenvalue weighted by Crippen LogP contribution is 2.13. The standard InChI is InChI=1S/C11H21NO3/c1-7(2)9(4)10(13)12(5)6-8(3)11(14)15/h7-9H,6H2,1-5H3,(H,14,15)/t8-,9-/m1/s1. The summed E-state index contributed by atoms with van der Waals surface area (Å²) in [5.74, 6) is -1.15. The summed E-state index contributed by atoms with van der Waals surface area (Å²) in [5.41, 5.74) is 0. The number of carbonyl (C=O) groups is 2. The number of carboxylic acid groups (broad SMARTS) is 1. The van der Waals surface area contributed by atoms with E-state index < -0.39 is 11.9 Å². The van der Waals surface area contributed by atoms with Crippen LogP contribution in [0.3, 0.4) is 0 Å². The normalized spacial score (nSPS) is 14.8. The Labute approximate surface area is 91.3 Å². The fraction of sp³-hybridized carbons (Fsp3) is 0.818. The van der Waals surface area contributed by atoms with Crippen molar-refractivity contribution in [3.63, 3.8) is 0 Å². The molecule has 4 nitrogen and oxygen atoms in total. The van der Waals surface area contributed by atoms with E-state index in [0.29, 0.717) is 0 Å². The van der Waals surface area contributed by atoms with Crippen molar-refractivity contribution in [2.45, 2.75) is 27.7 Å². The lowest BCUT2D eigenvalue weighted by molar-refractivity contribution is -0.143. The number of carbonyl (C=O) groups excluding carboxylic acids is 1. The highest BCUT2D eigenvalue weighted by Gasteiger charge is 2.23. The molecule has 0 spiro atoms. The highest BCUT2D eigenvalue weighted by atomic mass is 16.4. The topological polar surface area (TPSA) is 57.6 Å². The molecule has 0 radical (unpaired) electrons. The van der Waals surface area contributed by atoms with E-state index in [1.54, 1.807) is 14.0 Å². The molecular formula is C11H21NO3. The Bertz CT molecular complexity index is 238. The minimum Gasteiger partial charge on any atom is -0.481 e. The molecule has 1 N–H and O–H groups in total. The largest absolute Gasteiger partial charge is 0.481 e. The van der Waals surface area contributed by atoms with Crippen molar-refractivity contribution >= 4 is 11.9 Å². The zero-order valence-corrected chi connectivity index (χ0v) is 10.2. The van der Waals surface area contributed by atoms with E-state index in [-0.39, 0.29) is 24.3 Å². The van der Waals surface area contributed by atoms with E-state index in [9.17, 15) is 9.59 Å². The first-order chi connectivity index (χ1) is 6.77. The predicted molar refractivity (Wildman–Crippen MR) is 58.4 cm³/mol. The summed E-state index contributed by atoms with van der Waals surface area (Å²) >= 11 is 0. The molecule has 2 atom stereocenters. The second kappa shape index (κ2) is 5.73. The molecule has 0 saturated heterocycles. The first-order valence-corrected chi connectivity index (χ1v) is 5.25. The van der Waals surface area contributed by atoms with Crippen LogP contribution >= 0.6 is 0 Å². The van der Waals surface area contributed by atoms with Crippen molar-refractivity contribution in [2.75, 3.05) is 13.6 Å². The molecule has 0 fully saturated rings. The lowest BCUT2D eigenvalue weighted by atomic mass is 9.96. The van der Waals surface area contributed by atoms with Crippen molar-refractivity contribution in [1.29, 1.82) is 0 Å². The number of aliphatic carboxylic acids is 1. The maximum absolute atomic E-state index is 11.8. The van der Waals surface area contributed by atoms with Gasteiger partial charge in [0.1, 0.15) is 0 Å². The number of carboxylic acids is 1. The third kappa shape index (κ3) is 4.32. The molecule has 0 bridgehead atoms. The van der Waals surface area contributed by atoms with Crippen LogP contribution in [0, 0.1) is 17.8 Å². The molecule has 15 heavy (non-hydrogen) atoms. The summed E-state index contributed by atoms with van der Waals surface area (Å²) in [7, 11) is 1.65. The Hall–Kier alpha value is -1.06. The number of rotatable bonds is 5. The van der Waals surface area contributed by atoms with Gasteiger partial charge in [-0.3, -0.25) is 9.59 Å². The molecule has 0 aromatic rings. The van der Waals surface area contributed by atoms with E-state index in [2.05, 4.69) is 0 Å². The van der Waals surface area contributed by atoms with Gasteiger partial charge < -0.3 is 10.0 Å². The van der Waals surface area contributed by atoms with Crippen molar-refractivity contribution in [3.05, 3.63) is 0 Å². The molecule has 0 rings (SSSR count). The first kappa shape index (κ1) is 13.9. The van der Waals surface area contributed by atoms with Gasteiger partial charge in [0.05, 0.1) is 5.92 Å². The molecule has 0 saturated carbocycles. The molecule has 1 amide bonds. The second-order valence-electron chi connectivity index (χ2n) is 4.49. The van der Waals surface area contributed by atoms with Gasteiger partial charge >= 0.3 is 5.97 Å². The first-order valence-electron chi connectivity index (χ1n) is 5.25. The monoisotopic (exact) mass is 215 g/mol. The van der Waals surface area contributed by atoms with Crippen LogP contribution in [-0.4, -0.2) is 35.5 Å². The average Bonchev–Trinajstić information content (AvgIpc) is 2.14. The minimum atomic E-state index is -0.869. The van der Waals surface area contributed by atoms with Crippen molar-refractivity contribution in [1.82, 2.24) is 4.90 Å². The quantitative estimate of drug-likeness (QED) is 0.755. The molecule has 0 aliphatic rings. The summed E-state index contributed by atoms with van der Waals surface area (Å²) in [6, 6.07) is 0. The minimum absolute atomic E-state index is 0.0121. The van der Waals surface area contributed by atoms with Crippen LogP contribution in [0.15, 0.2) is 0 Å². The molecular weight excluding hydrogens is 194 g/mol. The number of hydrogen-bond acceptors (Lipinski definition) is 2. The molecule has 88 valence electrons. The molecule has 4 heteroatoms. The van der Waals surface area contributed by atoms with Gasteiger partial charge in [0.25, 0.3) is 0 Å². The van der Waals surface area contributed by atoms with Gasteiger partial charge in [0.15, 0.2) is 0 Å². The van der Waals surface area contributed by atoms with Gasteiger partial charge in [0.2, 0.25) is 5.91 Å². The maximum atomic E-state index is 11.8. The summed E-state index contributed by atoms with van der Waals surface area (Å²) < 4.78 is 0. The van der Waals surface area contributed by atoms with E-state index in [1.807, 2.05) is 20.8 Å². The van der Waals surface area contributed by atoms with Gasteiger partial charge in [0, 0.05) is 19.5 Å². The third-order valence-corrected chi connectivity index (χ3v) is 2.74. The van der Waals surface area contributed by atoms with Crippen LogP contribution in [0.25, 0.3) is 0 Å². The summed E-state index contributed by atoms with van der Waals surface area (Å²) in [4.78, 5) is 23.9. The van der Waals surface area contributed by atoms with E-state index in [4.69, 9.17) is 5.11 Å². The van der Waals surface area contributed by atoms with Crippen molar-refractivity contribution in [3.8, 4) is 0 Å². The van der Waals surface area contributed by atoms with E-state index in [0.717, 1.165) is 0 Å². The Kier molecular flexibility index (Phi) is 5.33. The summed E-state index contributed by atoms with van der Waals surface area (Å²) in [5, 5.41) is 8.72. The second-order valence-corrected chi connectivity index (χ2v) is 4.49. The Morgan fingerprint density at radius 2 is 1.67 bits per heavy atom. The maximum Gasteiger partial charge on any atom is 0.308 e. The van der Waals surface area contributed by atoms with Crippen LogP contribution in [0.4, 0.5) is 0 Å². The zero-order chi connectivity index (χ0) is 12.2. The molecule has 0 aromatic heterocycles. The predicted octanol–water partition coefficient (Wildman–Crippen LogP) is 1.46. The third-order valence-electron chi connectivity index (χ3n) is 2.74. The Morgan fingerprint density at radius 3 is 2.00 bits per heavy atom. The van der Waals surface area contributed by atoms with Gasteiger partial charge in [-0.25, -0.2) is 0 Å². The lowest BCUT2D eigenvalue weighted by Crippen LogP contribution is -2.38. The Balaban J connectivity index is 4.27. The van der Waals surface area contributed by atoms with Crippen LogP contribution < -0.4 is 0 Å². The van der Waals surface area contributed by atoms with Crippen LogP contribution in [0.1, 0.15) is 27.7 Å². The van der Waals surface area contributed by atoms with Crippen molar-refractivity contribution in [2.24, 2.45) is 17.8 Å². The summed E-state index contributed by atoms with van der Waals surface area (Å²) in [6.45, 7) is 7.71. The van der Waals surface area contributed by atoms with Gasteiger partial charge in [-0.1, -0.05) is 27.7 Å². The molecule has 0 aliphatic heterocycles. The number of nitrogens with zero attached hydrogens (tertiary/aromatic N) is 1. The van der Waals surface area contributed by atoms with Crippen LogP contribution in [0.2, 0.25) is 0 Å². The fourth-order valence-corrected chi connectivity index (χ4v) is 1.21. The SMILES string of the molecule is CC(C)[C@@H](C)C(=O)N(C)C[C@@H](C)C(=O)O. The highest BCUT2D eigenvalue weighted by molar-refractivity contribution is 5.79. The van der Waals surface area contributed by atoms with Crippen molar-refractivity contribution < 1.29 is 14.7 Å². The van der Waals surface area contributed by atoms with Gasteiger partial charge in [-0.2, -0.15) is 0 Å². The molecule has 0 aromatic carbocycles. The Morgan fingerprint density at radius 1 is 1.20 bits per heavy atom. The summed E-state index contributed by atoms with van der Waals surface area (Å²) in [6.07, 6.45) is 0. The zero-order valence-electron chi connectivity index (χ0n) is 10.2. The fourth-order valence-electron chi connectivity index (χ4n) is 1.21. The van der Waals surface area contributed by atoms with Crippen LogP contribution in [0.5, 0.6) is 0 Å². The number of amides is 1. The van der Waals surface area contributed by atoms with Gasteiger partial charge in [-0.05, 0) is 5.92 Å².